The number of anilines is 2. The van der Waals surface area contributed by atoms with E-state index in [0.29, 0.717) is 27.8 Å². The summed E-state index contributed by atoms with van der Waals surface area (Å²) >= 11 is 11.8. The van der Waals surface area contributed by atoms with Crippen molar-refractivity contribution in [2.75, 3.05) is 24.3 Å². The van der Waals surface area contributed by atoms with Crippen molar-refractivity contribution in [1.82, 2.24) is 15.3 Å². The molecule has 0 atom stereocenters. The SMILES string of the molecule is CNc1cc(C)nc(N[C@H]2CC[C@@H](NC(=O)COc3ccc(Cl)c(Cl)c3)CC2)n1. The predicted molar refractivity (Wildman–Crippen MR) is 116 cm³/mol. The molecule has 9 heteroatoms. The number of hydrogen-bond donors (Lipinski definition) is 3. The lowest BCUT2D eigenvalue weighted by Crippen LogP contribution is -2.42. The van der Waals surface area contributed by atoms with Crippen LogP contribution in [0, 0.1) is 6.92 Å². The molecule has 156 valence electrons. The van der Waals surface area contributed by atoms with Gasteiger partial charge >= 0.3 is 0 Å². The number of hydrogen-bond acceptors (Lipinski definition) is 6. The molecule has 0 bridgehead atoms. The summed E-state index contributed by atoms with van der Waals surface area (Å²) in [5.41, 5.74) is 0.912. The predicted octanol–water partition coefficient (Wildman–Crippen LogP) is 4.05. The Morgan fingerprint density at radius 1 is 1.10 bits per heavy atom. The van der Waals surface area contributed by atoms with Gasteiger partial charge in [0.25, 0.3) is 5.91 Å². The van der Waals surface area contributed by atoms with Crippen LogP contribution < -0.4 is 20.7 Å². The van der Waals surface area contributed by atoms with E-state index < -0.39 is 0 Å². The molecule has 1 heterocycles. The van der Waals surface area contributed by atoms with Gasteiger partial charge in [0.1, 0.15) is 11.6 Å². The minimum atomic E-state index is -0.145. The number of amides is 1. The van der Waals surface area contributed by atoms with Crippen LogP contribution in [0.25, 0.3) is 0 Å². The molecule has 7 nitrogen and oxygen atoms in total. The van der Waals surface area contributed by atoms with Gasteiger partial charge in [-0.05, 0) is 44.7 Å². The highest BCUT2D eigenvalue weighted by Gasteiger charge is 2.23. The van der Waals surface area contributed by atoms with Crippen molar-refractivity contribution in [2.45, 2.75) is 44.7 Å². The lowest BCUT2D eigenvalue weighted by molar-refractivity contribution is -0.124. The summed E-state index contributed by atoms with van der Waals surface area (Å²) in [4.78, 5) is 21.1. The van der Waals surface area contributed by atoms with Gasteiger partial charge in [-0.15, -0.1) is 0 Å². The number of ether oxygens (including phenoxy) is 1. The van der Waals surface area contributed by atoms with E-state index in [1.54, 1.807) is 18.2 Å². The number of nitrogens with zero attached hydrogens (tertiary/aromatic N) is 2. The number of aromatic nitrogens is 2. The minimum Gasteiger partial charge on any atom is -0.484 e. The molecule has 1 aromatic heterocycles. The minimum absolute atomic E-state index is 0.0555. The summed E-state index contributed by atoms with van der Waals surface area (Å²) in [6, 6.07) is 7.26. The first-order valence-electron chi connectivity index (χ1n) is 9.60. The van der Waals surface area contributed by atoms with E-state index >= 15 is 0 Å². The van der Waals surface area contributed by atoms with E-state index in [1.165, 1.54) is 0 Å². The van der Waals surface area contributed by atoms with Gasteiger partial charge in [-0.3, -0.25) is 4.79 Å². The Morgan fingerprint density at radius 3 is 2.52 bits per heavy atom. The lowest BCUT2D eigenvalue weighted by Gasteiger charge is -2.29. The van der Waals surface area contributed by atoms with Crippen molar-refractivity contribution < 1.29 is 9.53 Å². The molecule has 0 spiro atoms. The van der Waals surface area contributed by atoms with Gasteiger partial charge < -0.3 is 20.7 Å². The number of aryl methyl sites for hydroxylation is 1. The Kier molecular flexibility index (Phi) is 7.39. The van der Waals surface area contributed by atoms with Gasteiger partial charge in [0.15, 0.2) is 6.61 Å². The average Bonchev–Trinajstić information content (AvgIpc) is 2.70. The highest BCUT2D eigenvalue weighted by Crippen LogP contribution is 2.26. The monoisotopic (exact) mass is 437 g/mol. The van der Waals surface area contributed by atoms with Crippen LogP contribution in [0.4, 0.5) is 11.8 Å². The van der Waals surface area contributed by atoms with Crippen molar-refractivity contribution in [3.05, 3.63) is 40.0 Å². The van der Waals surface area contributed by atoms with Crippen molar-refractivity contribution in [1.29, 1.82) is 0 Å². The molecule has 29 heavy (non-hydrogen) atoms. The Labute approximate surface area is 180 Å². The van der Waals surface area contributed by atoms with Gasteiger partial charge in [0.2, 0.25) is 5.95 Å². The highest BCUT2D eigenvalue weighted by molar-refractivity contribution is 6.42. The number of nitrogens with one attached hydrogen (secondary N) is 3. The molecule has 1 aliphatic carbocycles. The van der Waals surface area contributed by atoms with E-state index in [2.05, 4.69) is 25.9 Å². The Balaban J connectivity index is 1.41. The van der Waals surface area contributed by atoms with Crippen LogP contribution in [0.5, 0.6) is 5.75 Å². The van der Waals surface area contributed by atoms with Crippen LogP contribution in [-0.4, -0.2) is 41.6 Å². The number of rotatable bonds is 7. The number of benzene rings is 1. The smallest absolute Gasteiger partial charge is 0.258 e. The molecule has 1 amide bonds. The molecular formula is C20H25Cl2N5O2. The molecule has 2 aromatic rings. The van der Waals surface area contributed by atoms with Crippen LogP contribution in [0.1, 0.15) is 31.4 Å². The van der Waals surface area contributed by atoms with Crippen LogP contribution in [0.2, 0.25) is 10.0 Å². The quantitative estimate of drug-likeness (QED) is 0.605. The number of carbonyl (C=O) groups excluding carboxylic acids is 1. The molecule has 1 aromatic carbocycles. The van der Waals surface area contributed by atoms with Gasteiger partial charge in [-0.2, -0.15) is 4.98 Å². The molecule has 1 saturated carbocycles. The normalized spacial score (nSPS) is 18.8. The zero-order valence-electron chi connectivity index (χ0n) is 16.5. The Bertz CT molecular complexity index is 857. The molecule has 0 aliphatic heterocycles. The van der Waals surface area contributed by atoms with Gasteiger partial charge in [-0.25, -0.2) is 4.98 Å². The molecule has 0 radical (unpaired) electrons. The van der Waals surface area contributed by atoms with Crippen LogP contribution in [0.15, 0.2) is 24.3 Å². The summed E-state index contributed by atoms with van der Waals surface area (Å²) < 4.78 is 5.49. The molecular weight excluding hydrogens is 413 g/mol. The second-order valence-corrected chi connectivity index (χ2v) is 7.91. The zero-order chi connectivity index (χ0) is 20.8. The third kappa shape index (κ3) is 6.37. The summed E-state index contributed by atoms with van der Waals surface area (Å²) in [6.07, 6.45) is 3.65. The largest absolute Gasteiger partial charge is 0.484 e. The van der Waals surface area contributed by atoms with Crippen molar-refractivity contribution in [3.63, 3.8) is 0 Å². The average molecular weight is 438 g/mol. The molecule has 0 saturated heterocycles. The van der Waals surface area contributed by atoms with Crippen molar-refractivity contribution in [2.24, 2.45) is 0 Å². The molecule has 3 rings (SSSR count). The topological polar surface area (TPSA) is 88.2 Å². The third-order valence-corrected chi connectivity index (χ3v) is 5.54. The highest BCUT2D eigenvalue weighted by atomic mass is 35.5. The number of carbonyl (C=O) groups is 1. The second-order valence-electron chi connectivity index (χ2n) is 7.09. The van der Waals surface area contributed by atoms with Gasteiger partial charge in [-0.1, -0.05) is 23.2 Å². The van der Waals surface area contributed by atoms with E-state index in [1.807, 2.05) is 20.0 Å². The van der Waals surface area contributed by atoms with Crippen molar-refractivity contribution >= 4 is 40.9 Å². The Morgan fingerprint density at radius 2 is 1.83 bits per heavy atom. The first kappa shape index (κ1) is 21.5. The maximum Gasteiger partial charge on any atom is 0.258 e. The van der Waals surface area contributed by atoms with Crippen LogP contribution in [-0.2, 0) is 4.79 Å². The fourth-order valence-electron chi connectivity index (χ4n) is 3.31. The molecule has 1 aliphatic rings. The first-order chi connectivity index (χ1) is 13.9. The summed E-state index contributed by atoms with van der Waals surface area (Å²) in [6.45, 7) is 1.89. The van der Waals surface area contributed by atoms with Crippen LogP contribution in [0.3, 0.4) is 0 Å². The van der Waals surface area contributed by atoms with E-state index in [4.69, 9.17) is 27.9 Å². The van der Waals surface area contributed by atoms with Gasteiger partial charge in [0, 0.05) is 37.0 Å². The van der Waals surface area contributed by atoms with Crippen LogP contribution >= 0.6 is 23.2 Å². The first-order valence-corrected chi connectivity index (χ1v) is 10.4. The van der Waals surface area contributed by atoms with E-state index in [0.717, 1.165) is 37.2 Å². The maximum atomic E-state index is 12.2. The summed E-state index contributed by atoms with van der Waals surface area (Å²) in [5, 5.41) is 10.3. The standard InChI is InChI=1S/C20H25Cl2N5O2/c1-12-9-18(23-2)27-20(24-12)26-14-5-3-13(4-6-14)25-19(28)11-29-15-7-8-16(21)17(22)10-15/h7-10,13-14H,3-6,11H2,1-2H3,(H,25,28)(H2,23,24,26,27)/t13-,14+. The zero-order valence-corrected chi connectivity index (χ0v) is 18.0. The second kappa shape index (κ2) is 9.98. The molecule has 3 N–H and O–H groups in total. The van der Waals surface area contributed by atoms with Gasteiger partial charge in [0.05, 0.1) is 10.0 Å². The summed E-state index contributed by atoms with van der Waals surface area (Å²) in [7, 11) is 1.84. The third-order valence-electron chi connectivity index (χ3n) is 4.80. The number of halogens is 2. The Hall–Kier alpha value is -2.25. The summed E-state index contributed by atoms with van der Waals surface area (Å²) in [5.74, 6) is 1.80. The van der Waals surface area contributed by atoms with Crippen molar-refractivity contribution in [3.8, 4) is 5.75 Å². The van der Waals surface area contributed by atoms with E-state index in [9.17, 15) is 4.79 Å². The fraction of sp³-hybridized carbons (Fsp3) is 0.450. The van der Waals surface area contributed by atoms with E-state index in [-0.39, 0.29) is 18.6 Å². The lowest BCUT2D eigenvalue weighted by atomic mass is 9.91. The fourth-order valence-corrected chi connectivity index (χ4v) is 3.60. The molecule has 0 unspecified atom stereocenters. The molecule has 1 fully saturated rings. The maximum absolute atomic E-state index is 12.2.